The first kappa shape index (κ1) is 11.6. The van der Waals surface area contributed by atoms with Crippen LogP contribution in [-0.4, -0.2) is 23.8 Å². The number of hydrogen-bond acceptors (Lipinski definition) is 6. The van der Waals surface area contributed by atoms with Crippen LogP contribution in [0.15, 0.2) is 30.6 Å². The molecule has 1 N–H and O–H groups in total. The zero-order valence-electron chi connectivity index (χ0n) is 10.4. The van der Waals surface area contributed by atoms with Crippen LogP contribution in [0.2, 0.25) is 0 Å². The smallest absolute Gasteiger partial charge is 0.234 e. The summed E-state index contributed by atoms with van der Waals surface area (Å²) in [4.78, 5) is 8.26. The molecule has 3 rings (SSSR count). The Kier molecular flexibility index (Phi) is 3.06. The quantitative estimate of drug-likeness (QED) is 0.903. The summed E-state index contributed by atoms with van der Waals surface area (Å²) >= 11 is 0. The van der Waals surface area contributed by atoms with Crippen LogP contribution in [0.5, 0.6) is 17.4 Å². The SMILES string of the molecule is CNc1cncc(OCc2ccc3c(c2)OCO3)n1. The van der Waals surface area contributed by atoms with E-state index in [0.717, 1.165) is 17.1 Å². The maximum atomic E-state index is 5.58. The Morgan fingerprint density at radius 1 is 1.26 bits per heavy atom. The van der Waals surface area contributed by atoms with E-state index in [-0.39, 0.29) is 6.79 Å². The van der Waals surface area contributed by atoms with Crippen molar-refractivity contribution in [1.29, 1.82) is 0 Å². The van der Waals surface area contributed by atoms with E-state index < -0.39 is 0 Å². The molecule has 0 unspecified atom stereocenters. The average Bonchev–Trinajstić information content (AvgIpc) is 2.93. The first-order valence-electron chi connectivity index (χ1n) is 5.86. The van der Waals surface area contributed by atoms with Gasteiger partial charge >= 0.3 is 0 Å². The number of hydrogen-bond donors (Lipinski definition) is 1. The third-order valence-electron chi connectivity index (χ3n) is 2.69. The van der Waals surface area contributed by atoms with Crippen molar-refractivity contribution in [1.82, 2.24) is 9.97 Å². The topological polar surface area (TPSA) is 65.5 Å². The Balaban J connectivity index is 1.68. The molecule has 98 valence electrons. The van der Waals surface area contributed by atoms with Crippen LogP contribution < -0.4 is 19.5 Å². The second kappa shape index (κ2) is 5.01. The molecule has 6 heteroatoms. The number of nitrogens with zero attached hydrogens (tertiary/aromatic N) is 2. The molecule has 0 saturated heterocycles. The van der Waals surface area contributed by atoms with Crippen LogP contribution in [0, 0.1) is 0 Å². The van der Waals surface area contributed by atoms with Crippen LogP contribution in [-0.2, 0) is 6.61 Å². The fraction of sp³-hybridized carbons (Fsp3) is 0.231. The van der Waals surface area contributed by atoms with Gasteiger partial charge in [0.15, 0.2) is 11.5 Å². The summed E-state index contributed by atoms with van der Waals surface area (Å²) < 4.78 is 16.1. The van der Waals surface area contributed by atoms with E-state index in [1.54, 1.807) is 19.4 Å². The summed E-state index contributed by atoms with van der Waals surface area (Å²) in [6.45, 7) is 0.674. The van der Waals surface area contributed by atoms with Crippen LogP contribution in [0.4, 0.5) is 5.82 Å². The molecular formula is C13H13N3O3. The molecule has 0 bridgehead atoms. The lowest BCUT2D eigenvalue weighted by Crippen LogP contribution is -2.00. The van der Waals surface area contributed by atoms with Crippen molar-refractivity contribution in [3.8, 4) is 17.4 Å². The lowest BCUT2D eigenvalue weighted by atomic mass is 10.2. The maximum Gasteiger partial charge on any atom is 0.234 e. The molecule has 0 atom stereocenters. The van der Waals surface area contributed by atoms with Crippen molar-refractivity contribution in [2.45, 2.75) is 6.61 Å². The molecule has 0 amide bonds. The van der Waals surface area contributed by atoms with E-state index in [1.807, 2.05) is 18.2 Å². The van der Waals surface area contributed by atoms with Crippen molar-refractivity contribution in [2.24, 2.45) is 0 Å². The molecule has 1 aromatic heterocycles. The molecule has 6 nitrogen and oxygen atoms in total. The highest BCUT2D eigenvalue weighted by Crippen LogP contribution is 2.32. The van der Waals surface area contributed by atoms with Crippen LogP contribution >= 0.6 is 0 Å². The standard InChI is InChI=1S/C13H13N3O3/c1-14-12-5-15-6-13(16-12)17-7-9-2-3-10-11(4-9)19-8-18-10/h2-6H,7-8H2,1H3,(H,14,16). The van der Waals surface area contributed by atoms with E-state index in [9.17, 15) is 0 Å². The summed E-state index contributed by atoms with van der Waals surface area (Å²) in [7, 11) is 1.78. The summed E-state index contributed by atoms with van der Waals surface area (Å²) in [6.07, 6.45) is 3.21. The van der Waals surface area contributed by atoms with Crippen molar-refractivity contribution in [2.75, 3.05) is 19.2 Å². The molecule has 0 spiro atoms. The fourth-order valence-electron chi connectivity index (χ4n) is 1.73. The number of fused-ring (bicyclic) bond motifs is 1. The molecule has 2 heterocycles. The molecule has 2 aromatic rings. The number of rotatable bonds is 4. The lowest BCUT2D eigenvalue weighted by molar-refractivity contribution is 0.174. The predicted molar refractivity (Wildman–Crippen MR) is 68.5 cm³/mol. The molecule has 1 aliphatic heterocycles. The molecule has 1 aliphatic rings. The monoisotopic (exact) mass is 259 g/mol. The maximum absolute atomic E-state index is 5.58. The van der Waals surface area contributed by atoms with Gasteiger partial charge in [-0.3, -0.25) is 4.98 Å². The normalized spacial score (nSPS) is 12.3. The highest BCUT2D eigenvalue weighted by molar-refractivity contribution is 5.44. The van der Waals surface area contributed by atoms with Gasteiger partial charge in [0.2, 0.25) is 12.7 Å². The Hall–Kier alpha value is -2.50. The van der Waals surface area contributed by atoms with Crippen LogP contribution in [0.3, 0.4) is 0 Å². The largest absolute Gasteiger partial charge is 0.472 e. The third kappa shape index (κ3) is 2.52. The van der Waals surface area contributed by atoms with Gasteiger partial charge in [0.25, 0.3) is 0 Å². The van der Waals surface area contributed by atoms with Gasteiger partial charge in [0, 0.05) is 7.05 Å². The number of benzene rings is 1. The number of ether oxygens (including phenoxy) is 3. The number of nitrogens with one attached hydrogen (secondary N) is 1. The van der Waals surface area contributed by atoms with Crippen molar-refractivity contribution >= 4 is 5.82 Å². The molecule has 0 aliphatic carbocycles. The van der Waals surface area contributed by atoms with E-state index in [4.69, 9.17) is 14.2 Å². The molecular weight excluding hydrogens is 246 g/mol. The minimum atomic E-state index is 0.273. The van der Waals surface area contributed by atoms with Crippen molar-refractivity contribution in [3.63, 3.8) is 0 Å². The Bertz CT molecular complexity index is 589. The molecule has 1 aromatic carbocycles. The summed E-state index contributed by atoms with van der Waals surface area (Å²) in [5.74, 6) is 2.66. The fourth-order valence-corrected chi connectivity index (χ4v) is 1.73. The average molecular weight is 259 g/mol. The zero-order chi connectivity index (χ0) is 13.1. The second-order valence-electron chi connectivity index (χ2n) is 3.97. The van der Waals surface area contributed by atoms with E-state index in [0.29, 0.717) is 18.3 Å². The van der Waals surface area contributed by atoms with Gasteiger partial charge in [-0.25, -0.2) is 0 Å². The van der Waals surface area contributed by atoms with Gasteiger partial charge in [0.05, 0.1) is 12.4 Å². The number of aromatic nitrogens is 2. The van der Waals surface area contributed by atoms with Crippen molar-refractivity contribution in [3.05, 3.63) is 36.2 Å². The van der Waals surface area contributed by atoms with Crippen LogP contribution in [0.1, 0.15) is 5.56 Å². The molecule has 0 fully saturated rings. The van der Waals surface area contributed by atoms with E-state index in [2.05, 4.69) is 15.3 Å². The third-order valence-corrected chi connectivity index (χ3v) is 2.69. The highest BCUT2D eigenvalue weighted by atomic mass is 16.7. The number of anilines is 1. The minimum absolute atomic E-state index is 0.273. The highest BCUT2D eigenvalue weighted by Gasteiger charge is 2.13. The molecule has 19 heavy (non-hydrogen) atoms. The summed E-state index contributed by atoms with van der Waals surface area (Å²) in [6, 6.07) is 5.71. The van der Waals surface area contributed by atoms with Gasteiger partial charge in [-0.1, -0.05) is 6.07 Å². The van der Waals surface area contributed by atoms with Gasteiger partial charge in [-0.15, -0.1) is 0 Å². The first-order chi connectivity index (χ1) is 9.35. The Morgan fingerprint density at radius 2 is 2.16 bits per heavy atom. The molecule has 0 radical (unpaired) electrons. The second-order valence-corrected chi connectivity index (χ2v) is 3.97. The predicted octanol–water partition coefficient (Wildman–Crippen LogP) is 1.83. The Morgan fingerprint density at radius 3 is 3.05 bits per heavy atom. The van der Waals surface area contributed by atoms with E-state index in [1.165, 1.54) is 0 Å². The van der Waals surface area contributed by atoms with Gasteiger partial charge < -0.3 is 19.5 Å². The van der Waals surface area contributed by atoms with Crippen LogP contribution in [0.25, 0.3) is 0 Å². The van der Waals surface area contributed by atoms with E-state index >= 15 is 0 Å². The van der Waals surface area contributed by atoms with Crippen molar-refractivity contribution < 1.29 is 14.2 Å². The van der Waals surface area contributed by atoms with Gasteiger partial charge in [-0.2, -0.15) is 4.98 Å². The lowest BCUT2D eigenvalue weighted by Gasteiger charge is -2.07. The minimum Gasteiger partial charge on any atom is -0.472 e. The first-order valence-corrected chi connectivity index (χ1v) is 5.86. The Labute approximate surface area is 110 Å². The zero-order valence-corrected chi connectivity index (χ0v) is 10.4. The molecule has 0 saturated carbocycles. The summed E-state index contributed by atoms with van der Waals surface area (Å²) in [5, 5.41) is 2.91. The van der Waals surface area contributed by atoms with Gasteiger partial charge in [-0.05, 0) is 17.7 Å². The summed E-state index contributed by atoms with van der Waals surface area (Å²) in [5.41, 5.74) is 0.987. The van der Waals surface area contributed by atoms with Gasteiger partial charge in [0.1, 0.15) is 12.4 Å².